The van der Waals surface area contributed by atoms with E-state index < -0.39 is 17.5 Å². The maximum Gasteiger partial charge on any atom is 0.330 e. The van der Waals surface area contributed by atoms with Gasteiger partial charge in [0.25, 0.3) is 0 Å². The van der Waals surface area contributed by atoms with Crippen molar-refractivity contribution in [2.45, 2.75) is 105 Å². The minimum atomic E-state index is -1.02. The Labute approximate surface area is 211 Å². The first kappa shape index (κ1) is 29.3. The number of carbonyl (C=O) groups excluding carboxylic acids is 3. The van der Waals surface area contributed by atoms with Gasteiger partial charge in [-0.2, -0.15) is 0 Å². The molecule has 0 heterocycles. The standard InChI is InChI=1S/C16H26O2.C12H20O5/c1-4-15(2,3)14(17)18-16-8-11-5-12(9-16)7-13(6-11)10-16;1-5-10(14)16-7-9(13)8-17-11(15)12(3,4)6-2/h11-13H,4-10H2,1-3H3;5,9,13H,1,6-8H2,2-4H3. The quantitative estimate of drug-likeness (QED) is 0.259. The van der Waals surface area contributed by atoms with Crippen molar-refractivity contribution in [3.05, 3.63) is 12.7 Å². The molecule has 35 heavy (non-hydrogen) atoms. The number of ether oxygens (including phenoxy) is 3. The summed E-state index contributed by atoms with van der Waals surface area (Å²) in [5.41, 5.74) is -0.959. The average molecular weight is 495 g/mol. The lowest BCUT2D eigenvalue weighted by atomic mass is 9.54. The minimum Gasteiger partial charge on any atom is -0.462 e. The van der Waals surface area contributed by atoms with E-state index in [1.54, 1.807) is 13.8 Å². The van der Waals surface area contributed by atoms with E-state index in [0.29, 0.717) is 6.42 Å². The fourth-order valence-electron chi connectivity index (χ4n) is 5.43. The summed E-state index contributed by atoms with van der Waals surface area (Å²) in [5.74, 6) is 1.56. The summed E-state index contributed by atoms with van der Waals surface area (Å²) in [7, 11) is 0. The number of hydrogen-bond donors (Lipinski definition) is 1. The normalized spacial score (nSPS) is 27.8. The molecule has 0 aliphatic heterocycles. The van der Waals surface area contributed by atoms with E-state index in [0.717, 1.165) is 49.5 Å². The SMILES string of the molecule is C=CC(=O)OCC(O)COC(=O)C(C)(C)CC.CCC(C)(C)C(=O)OC12CC3CC(CC(C3)C1)C2. The molecule has 7 nitrogen and oxygen atoms in total. The van der Waals surface area contributed by atoms with Crippen LogP contribution in [0.15, 0.2) is 12.7 Å². The molecular weight excluding hydrogens is 448 g/mol. The first-order valence-electron chi connectivity index (χ1n) is 13.1. The molecule has 0 amide bonds. The first-order valence-corrected chi connectivity index (χ1v) is 13.1. The van der Waals surface area contributed by atoms with E-state index in [4.69, 9.17) is 9.47 Å². The fraction of sp³-hybridized carbons (Fsp3) is 0.821. The van der Waals surface area contributed by atoms with Gasteiger partial charge in [0.05, 0.1) is 10.8 Å². The van der Waals surface area contributed by atoms with Crippen LogP contribution in [0.2, 0.25) is 0 Å². The van der Waals surface area contributed by atoms with Crippen LogP contribution in [0, 0.1) is 28.6 Å². The Morgan fingerprint density at radius 2 is 1.31 bits per heavy atom. The molecule has 1 N–H and O–H groups in total. The van der Waals surface area contributed by atoms with Gasteiger partial charge in [0.15, 0.2) is 0 Å². The molecule has 1 unspecified atom stereocenters. The lowest BCUT2D eigenvalue weighted by molar-refractivity contribution is -0.196. The molecule has 200 valence electrons. The highest BCUT2D eigenvalue weighted by molar-refractivity contribution is 5.81. The number of aliphatic hydroxyl groups is 1. The van der Waals surface area contributed by atoms with E-state index in [1.165, 1.54) is 19.3 Å². The molecular formula is C28H46O7. The van der Waals surface area contributed by atoms with Gasteiger partial charge in [-0.1, -0.05) is 20.4 Å². The van der Waals surface area contributed by atoms with Crippen molar-refractivity contribution in [3.8, 4) is 0 Å². The third-order valence-corrected chi connectivity index (χ3v) is 8.16. The molecule has 4 fully saturated rings. The molecule has 4 aliphatic rings. The minimum absolute atomic E-state index is 0.0342. The molecule has 4 bridgehead atoms. The smallest absolute Gasteiger partial charge is 0.330 e. The van der Waals surface area contributed by atoms with Gasteiger partial charge in [-0.15, -0.1) is 0 Å². The van der Waals surface area contributed by atoms with E-state index in [-0.39, 0.29) is 36.2 Å². The highest BCUT2D eigenvalue weighted by Crippen LogP contribution is 2.57. The van der Waals surface area contributed by atoms with Crippen molar-refractivity contribution >= 4 is 17.9 Å². The molecule has 0 aromatic rings. The second-order valence-corrected chi connectivity index (χ2v) is 12.1. The Hall–Kier alpha value is -1.89. The Kier molecular flexibility index (Phi) is 9.97. The zero-order valence-corrected chi connectivity index (χ0v) is 22.6. The van der Waals surface area contributed by atoms with E-state index in [9.17, 15) is 19.5 Å². The van der Waals surface area contributed by atoms with Crippen molar-refractivity contribution < 1.29 is 33.7 Å². The highest BCUT2D eigenvalue weighted by atomic mass is 16.6. The van der Waals surface area contributed by atoms with Gasteiger partial charge in [0.2, 0.25) is 0 Å². The Morgan fingerprint density at radius 1 is 0.886 bits per heavy atom. The molecule has 0 aromatic carbocycles. The van der Waals surface area contributed by atoms with Crippen LogP contribution in [0.4, 0.5) is 0 Å². The Bertz CT molecular complexity index is 732. The molecule has 0 aromatic heterocycles. The van der Waals surface area contributed by atoms with Crippen molar-refractivity contribution in [2.75, 3.05) is 13.2 Å². The van der Waals surface area contributed by atoms with Crippen LogP contribution in [0.25, 0.3) is 0 Å². The number of hydrogen-bond acceptors (Lipinski definition) is 7. The van der Waals surface area contributed by atoms with Crippen molar-refractivity contribution in [1.82, 2.24) is 0 Å². The third kappa shape index (κ3) is 8.06. The van der Waals surface area contributed by atoms with Crippen molar-refractivity contribution in [3.63, 3.8) is 0 Å². The van der Waals surface area contributed by atoms with E-state index in [1.807, 2.05) is 20.8 Å². The van der Waals surface area contributed by atoms with Gasteiger partial charge < -0.3 is 19.3 Å². The fourth-order valence-corrected chi connectivity index (χ4v) is 5.43. The van der Waals surface area contributed by atoms with Gasteiger partial charge in [-0.3, -0.25) is 9.59 Å². The number of rotatable bonds is 10. The third-order valence-electron chi connectivity index (χ3n) is 8.16. The predicted molar refractivity (Wildman–Crippen MR) is 133 cm³/mol. The molecule has 0 radical (unpaired) electrons. The van der Waals surface area contributed by atoms with Gasteiger partial charge in [0.1, 0.15) is 24.9 Å². The Morgan fingerprint density at radius 3 is 1.74 bits per heavy atom. The first-order chi connectivity index (χ1) is 16.3. The number of aliphatic hydroxyl groups excluding tert-OH is 1. The predicted octanol–water partition coefficient (Wildman–Crippen LogP) is 4.99. The van der Waals surface area contributed by atoms with Crippen molar-refractivity contribution in [2.24, 2.45) is 28.6 Å². The van der Waals surface area contributed by atoms with Gasteiger partial charge in [-0.05, 0) is 96.8 Å². The largest absolute Gasteiger partial charge is 0.462 e. The molecule has 4 rings (SSSR count). The average Bonchev–Trinajstić information content (AvgIpc) is 2.79. The van der Waals surface area contributed by atoms with Gasteiger partial charge in [0, 0.05) is 6.08 Å². The van der Waals surface area contributed by atoms with E-state index in [2.05, 4.69) is 18.2 Å². The second kappa shape index (κ2) is 11.9. The van der Waals surface area contributed by atoms with Crippen LogP contribution < -0.4 is 0 Å². The maximum absolute atomic E-state index is 12.4. The summed E-state index contributed by atoms with van der Waals surface area (Å²) in [6.07, 6.45) is 9.11. The summed E-state index contributed by atoms with van der Waals surface area (Å²) < 4.78 is 15.6. The van der Waals surface area contributed by atoms with Crippen LogP contribution >= 0.6 is 0 Å². The lowest BCUT2D eigenvalue weighted by Crippen LogP contribution is -2.53. The zero-order valence-electron chi connectivity index (χ0n) is 22.6. The van der Waals surface area contributed by atoms with Crippen LogP contribution in [-0.2, 0) is 28.6 Å². The summed E-state index contributed by atoms with van der Waals surface area (Å²) in [5, 5.41) is 9.39. The van der Waals surface area contributed by atoms with Crippen molar-refractivity contribution in [1.29, 1.82) is 0 Å². The molecule has 0 saturated heterocycles. The highest BCUT2D eigenvalue weighted by Gasteiger charge is 2.53. The van der Waals surface area contributed by atoms with Crippen LogP contribution in [0.3, 0.4) is 0 Å². The number of carbonyl (C=O) groups is 3. The topological polar surface area (TPSA) is 99.1 Å². The number of esters is 3. The summed E-state index contributed by atoms with van der Waals surface area (Å²) in [6.45, 7) is 14.3. The maximum atomic E-state index is 12.4. The molecule has 0 spiro atoms. The second-order valence-electron chi connectivity index (χ2n) is 12.1. The molecule has 1 atom stereocenters. The molecule has 7 heteroatoms. The summed E-state index contributed by atoms with van der Waals surface area (Å²) in [6, 6.07) is 0. The summed E-state index contributed by atoms with van der Waals surface area (Å²) in [4.78, 5) is 34.6. The molecule has 4 aliphatic carbocycles. The summed E-state index contributed by atoms with van der Waals surface area (Å²) >= 11 is 0. The van der Waals surface area contributed by atoms with Gasteiger partial charge >= 0.3 is 17.9 Å². The van der Waals surface area contributed by atoms with Crippen LogP contribution in [0.5, 0.6) is 0 Å². The Balaban J connectivity index is 0.000000248. The lowest BCUT2D eigenvalue weighted by Gasteiger charge is -2.56. The van der Waals surface area contributed by atoms with E-state index >= 15 is 0 Å². The monoisotopic (exact) mass is 494 g/mol. The van der Waals surface area contributed by atoms with Crippen LogP contribution in [0.1, 0.15) is 92.9 Å². The zero-order chi connectivity index (χ0) is 26.4. The van der Waals surface area contributed by atoms with Gasteiger partial charge in [-0.25, -0.2) is 4.79 Å². The van der Waals surface area contributed by atoms with Crippen LogP contribution in [-0.4, -0.2) is 47.9 Å². The molecule has 4 saturated carbocycles.